The van der Waals surface area contributed by atoms with Crippen molar-refractivity contribution in [3.63, 3.8) is 0 Å². The van der Waals surface area contributed by atoms with Crippen LogP contribution < -0.4 is 10.2 Å². The summed E-state index contributed by atoms with van der Waals surface area (Å²) in [7, 11) is -4.15. The third-order valence-electron chi connectivity index (χ3n) is 4.81. The van der Waals surface area contributed by atoms with E-state index in [0.29, 0.717) is 10.7 Å². The van der Waals surface area contributed by atoms with Crippen LogP contribution in [0, 0.1) is 0 Å². The van der Waals surface area contributed by atoms with Gasteiger partial charge in [0.1, 0.15) is 0 Å². The van der Waals surface area contributed by atoms with Gasteiger partial charge in [0, 0.05) is 10.7 Å². The van der Waals surface area contributed by atoms with E-state index in [9.17, 15) is 8.42 Å². The van der Waals surface area contributed by atoms with E-state index in [2.05, 4.69) is 4.72 Å². The first-order chi connectivity index (χ1) is 12.0. The zero-order valence-corrected chi connectivity index (χ0v) is 16.7. The molecule has 5 nitrogen and oxygen atoms in total. The van der Waals surface area contributed by atoms with Gasteiger partial charge in [0.15, 0.2) is 0 Å². The minimum atomic E-state index is -3.67. The highest BCUT2D eigenvalue weighted by Crippen LogP contribution is 2.36. The Bertz CT molecular complexity index is 880. The lowest BCUT2D eigenvalue weighted by atomic mass is 9.79. The van der Waals surface area contributed by atoms with E-state index < -0.39 is 28.3 Å². The lowest BCUT2D eigenvalue weighted by Gasteiger charge is -2.32. The van der Waals surface area contributed by atoms with Crippen molar-refractivity contribution in [3.05, 3.63) is 53.6 Å². The Balaban J connectivity index is 1.75. The second-order valence-electron chi connectivity index (χ2n) is 7.27. The van der Waals surface area contributed by atoms with Gasteiger partial charge in [0.05, 0.1) is 16.1 Å². The highest BCUT2D eigenvalue weighted by atomic mass is 35.5. The van der Waals surface area contributed by atoms with Gasteiger partial charge in [0.25, 0.3) is 10.0 Å². The fourth-order valence-electron chi connectivity index (χ4n) is 2.52. The van der Waals surface area contributed by atoms with E-state index >= 15 is 0 Å². The summed E-state index contributed by atoms with van der Waals surface area (Å²) in [6, 6.07) is 13.0. The van der Waals surface area contributed by atoms with Crippen LogP contribution in [0.25, 0.3) is 0 Å². The van der Waals surface area contributed by atoms with Crippen LogP contribution >= 0.6 is 11.6 Å². The number of sulfonamides is 1. The van der Waals surface area contributed by atoms with Crippen molar-refractivity contribution in [3.8, 4) is 0 Å². The maximum atomic E-state index is 12.4. The van der Waals surface area contributed by atoms with Gasteiger partial charge in [-0.2, -0.15) is 0 Å². The van der Waals surface area contributed by atoms with Crippen LogP contribution in [-0.4, -0.2) is 26.7 Å². The number of halogens is 1. The van der Waals surface area contributed by atoms with Gasteiger partial charge in [-0.05, 0) is 69.6 Å². The van der Waals surface area contributed by atoms with Gasteiger partial charge < -0.3 is 9.31 Å². The molecule has 0 aromatic heterocycles. The molecule has 3 rings (SSSR count). The average Bonchev–Trinajstić information content (AvgIpc) is 2.76. The maximum Gasteiger partial charge on any atom is 0.494 e. The molecule has 2 aromatic carbocycles. The molecule has 1 aliphatic heterocycles. The quantitative estimate of drug-likeness (QED) is 0.808. The van der Waals surface area contributed by atoms with E-state index in [1.807, 2.05) is 27.7 Å². The Labute approximate surface area is 159 Å². The smallest absolute Gasteiger partial charge is 0.399 e. The third-order valence-corrected chi connectivity index (χ3v) is 6.46. The topological polar surface area (TPSA) is 64.6 Å². The highest BCUT2D eigenvalue weighted by Gasteiger charge is 2.51. The van der Waals surface area contributed by atoms with Gasteiger partial charge in [-0.25, -0.2) is 8.42 Å². The molecule has 2 aromatic rings. The molecule has 1 heterocycles. The number of nitrogens with one attached hydrogen (secondary N) is 1. The molecule has 0 amide bonds. The van der Waals surface area contributed by atoms with Gasteiger partial charge in [-0.3, -0.25) is 4.72 Å². The molecule has 1 aliphatic rings. The standard InChI is InChI=1S/C18H21BClNO4S/c1-17(2)18(3,4)25-19(24-17)13-5-9-15(10-6-13)21-26(22,23)16-11-7-14(20)8-12-16/h5-12,21H,1-4H3. The molecule has 0 aliphatic carbocycles. The van der Waals surface area contributed by atoms with Crippen molar-refractivity contribution in [2.24, 2.45) is 0 Å². The second kappa shape index (κ2) is 6.57. The van der Waals surface area contributed by atoms with Gasteiger partial charge >= 0.3 is 7.12 Å². The van der Waals surface area contributed by atoms with E-state index in [4.69, 9.17) is 20.9 Å². The van der Waals surface area contributed by atoms with E-state index in [1.165, 1.54) is 24.3 Å². The minimum absolute atomic E-state index is 0.150. The van der Waals surface area contributed by atoms with Gasteiger partial charge in [-0.15, -0.1) is 0 Å². The molecule has 0 spiro atoms. The predicted molar refractivity (Wildman–Crippen MR) is 104 cm³/mol. The molecular formula is C18H21BClNO4S. The highest BCUT2D eigenvalue weighted by molar-refractivity contribution is 7.92. The Morgan fingerprint density at radius 2 is 1.38 bits per heavy atom. The summed E-state index contributed by atoms with van der Waals surface area (Å²) in [6.45, 7) is 7.95. The molecule has 1 saturated heterocycles. The zero-order valence-electron chi connectivity index (χ0n) is 15.1. The molecule has 1 fully saturated rings. The number of hydrogen-bond donors (Lipinski definition) is 1. The number of anilines is 1. The summed E-state index contributed by atoms with van der Waals surface area (Å²) >= 11 is 5.80. The summed E-state index contributed by atoms with van der Waals surface area (Å²) in [5.74, 6) is 0. The van der Waals surface area contributed by atoms with Crippen LogP contribution in [-0.2, 0) is 19.3 Å². The fourth-order valence-corrected chi connectivity index (χ4v) is 3.70. The van der Waals surface area contributed by atoms with Gasteiger partial charge in [-0.1, -0.05) is 23.7 Å². The van der Waals surface area contributed by atoms with Crippen LogP contribution in [0.15, 0.2) is 53.4 Å². The molecule has 138 valence electrons. The molecule has 0 atom stereocenters. The van der Waals surface area contributed by atoms with Crippen molar-refractivity contribution in [1.29, 1.82) is 0 Å². The fraction of sp³-hybridized carbons (Fsp3) is 0.333. The number of benzene rings is 2. The van der Waals surface area contributed by atoms with Crippen molar-refractivity contribution in [2.75, 3.05) is 4.72 Å². The molecule has 26 heavy (non-hydrogen) atoms. The van der Waals surface area contributed by atoms with Crippen molar-refractivity contribution < 1.29 is 17.7 Å². The molecule has 0 unspecified atom stereocenters. The average molecular weight is 394 g/mol. The van der Waals surface area contributed by atoms with Crippen LogP contribution in [0.3, 0.4) is 0 Å². The summed E-state index contributed by atoms with van der Waals surface area (Å²) in [4.78, 5) is 0.150. The first-order valence-corrected chi connectivity index (χ1v) is 10.1. The van der Waals surface area contributed by atoms with Crippen LogP contribution in [0.2, 0.25) is 5.02 Å². The molecule has 1 N–H and O–H groups in total. The zero-order chi connectivity index (χ0) is 19.2. The summed E-state index contributed by atoms with van der Waals surface area (Å²) < 4.78 is 39.4. The molecule has 0 saturated carbocycles. The van der Waals surface area contributed by atoms with E-state index in [0.717, 1.165) is 5.46 Å². The first kappa shape index (κ1) is 19.2. The Morgan fingerprint density at radius 3 is 1.88 bits per heavy atom. The minimum Gasteiger partial charge on any atom is -0.399 e. The van der Waals surface area contributed by atoms with Crippen molar-refractivity contribution in [1.82, 2.24) is 0 Å². The Morgan fingerprint density at radius 1 is 0.885 bits per heavy atom. The van der Waals surface area contributed by atoms with Crippen molar-refractivity contribution >= 4 is 39.9 Å². The summed E-state index contributed by atoms with van der Waals surface area (Å²) in [5.41, 5.74) is 0.442. The monoisotopic (exact) mass is 393 g/mol. The Hall–Kier alpha value is -1.54. The first-order valence-electron chi connectivity index (χ1n) is 8.24. The van der Waals surface area contributed by atoms with Crippen LogP contribution in [0.1, 0.15) is 27.7 Å². The molecule has 0 radical (unpaired) electrons. The number of hydrogen-bond acceptors (Lipinski definition) is 4. The van der Waals surface area contributed by atoms with Crippen LogP contribution in [0.5, 0.6) is 0 Å². The van der Waals surface area contributed by atoms with Crippen molar-refractivity contribution in [2.45, 2.75) is 43.8 Å². The molecular weight excluding hydrogens is 373 g/mol. The van der Waals surface area contributed by atoms with E-state index in [1.54, 1.807) is 24.3 Å². The summed E-state index contributed by atoms with van der Waals surface area (Å²) in [6.07, 6.45) is 0. The van der Waals surface area contributed by atoms with E-state index in [-0.39, 0.29) is 4.90 Å². The molecule has 0 bridgehead atoms. The lowest BCUT2D eigenvalue weighted by Crippen LogP contribution is -2.41. The lowest BCUT2D eigenvalue weighted by molar-refractivity contribution is 0.00578. The summed E-state index contributed by atoms with van der Waals surface area (Å²) in [5, 5.41) is 0.482. The Kier molecular flexibility index (Phi) is 4.86. The van der Waals surface area contributed by atoms with Crippen LogP contribution in [0.4, 0.5) is 5.69 Å². The largest absolute Gasteiger partial charge is 0.494 e. The third kappa shape index (κ3) is 3.76. The predicted octanol–water partition coefficient (Wildman–Crippen LogP) is 3.44. The van der Waals surface area contributed by atoms with Gasteiger partial charge in [0.2, 0.25) is 0 Å². The normalized spacial score (nSPS) is 18.7. The maximum absolute atomic E-state index is 12.4. The number of rotatable bonds is 4. The molecule has 8 heteroatoms. The second-order valence-corrected chi connectivity index (χ2v) is 9.39. The SMILES string of the molecule is CC1(C)OB(c2ccc(NS(=O)(=O)c3ccc(Cl)cc3)cc2)OC1(C)C.